The van der Waals surface area contributed by atoms with Crippen LogP contribution < -0.4 is 10.6 Å². The van der Waals surface area contributed by atoms with Gasteiger partial charge in [-0.05, 0) is 68.3 Å². The van der Waals surface area contributed by atoms with E-state index in [1.807, 2.05) is 17.4 Å². The molecule has 0 spiro atoms. The van der Waals surface area contributed by atoms with Crippen molar-refractivity contribution in [2.75, 3.05) is 26.2 Å². The number of hydrogen-bond donors (Lipinski definition) is 3. The van der Waals surface area contributed by atoms with E-state index in [1.54, 1.807) is 0 Å². The minimum absolute atomic E-state index is 0.0523. The van der Waals surface area contributed by atoms with Gasteiger partial charge in [-0.15, -0.1) is 11.3 Å². The molecule has 29 heavy (non-hydrogen) atoms. The summed E-state index contributed by atoms with van der Waals surface area (Å²) >= 11 is 1.83. The van der Waals surface area contributed by atoms with E-state index in [0.717, 1.165) is 51.0 Å². The lowest BCUT2D eigenvalue weighted by atomic mass is 9.97. The van der Waals surface area contributed by atoms with Crippen molar-refractivity contribution in [3.05, 3.63) is 57.9 Å². The minimum Gasteiger partial charge on any atom is -0.358 e. The third-order valence-electron chi connectivity index (χ3n) is 5.91. The second-order valence-corrected chi connectivity index (χ2v) is 8.99. The van der Waals surface area contributed by atoms with Gasteiger partial charge in [-0.3, -0.25) is 4.90 Å². The quantitative estimate of drug-likeness (QED) is 0.544. The molecule has 0 saturated carbocycles. The van der Waals surface area contributed by atoms with Crippen LogP contribution in [-0.4, -0.2) is 42.1 Å². The van der Waals surface area contributed by atoms with Crippen LogP contribution >= 0.6 is 11.3 Å². The Morgan fingerprint density at radius 3 is 2.79 bits per heavy atom. The molecule has 154 valence electrons. The Kier molecular flexibility index (Phi) is 6.52. The average Bonchev–Trinajstić information content (AvgIpc) is 3.35. The summed E-state index contributed by atoms with van der Waals surface area (Å²) in [6.07, 6.45) is 3.14. The molecule has 2 amide bonds. The van der Waals surface area contributed by atoms with Crippen molar-refractivity contribution in [2.24, 2.45) is 5.92 Å². The summed E-state index contributed by atoms with van der Waals surface area (Å²) in [5.74, 6) is 0.580. The zero-order valence-corrected chi connectivity index (χ0v) is 17.9. The number of hydrogen-bond acceptors (Lipinski definition) is 3. The molecule has 1 saturated heterocycles. The number of carbonyl (C=O) groups excluding carboxylic acids is 1. The van der Waals surface area contributed by atoms with Gasteiger partial charge in [-0.2, -0.15) is 0 Å². The summed E-state index contributed by atoms with van der Waals surface area (Å²) in [7, 11) is 0. The van der Waals surface area contributed by atoms with E-state index in [4.69, 9.17) is 0 Å². The first-order chi connectivity index (χ1) is 14.2. The summed E-state index contributed by atoms with van der Waals surface area (Å²) in [5, 5.41) is 9.48. The van der Waals surface area contributed by atoms with Crippen molar-refractivity contribution >= 4 is 28.3 Å². The third-order valence-corrected chi connectivity index (χ3v) is 6.77. The van der Waals surface area contributed by atoms with E-state index in [-0.39, 0.29) is 6.03 Å². The van der Waals surface area contributed by atoms with Gasteiger partial charge in [-0.25, -0.2) is 4.79 Å². The number of fused-ring (bicyclic) bond motifs is 1. The number of likely N-dealkylation sites (tertiary alicyclic amines) is 1. The Bertz CT molecular complexity index is 926. The molecule has 0 radical (unpaired) electrons. The van der Waals surface area contributed by atoms with Crippen molar-refractivity contribution in [2.45, 2.75) is 32.7 Å². The van der Waals surface area contributed by atoms with Gasteiger partial charge < -0.3 is 15.6 Å². The van der Waals surface area contributed by atoms with Crippen molar-refractivity contribution < 1.29 is 4.79 Å². The fourth-order valence-corrected chi connectivity index (χ4v) is 4.98. The van der Waals surface area contributed by atoms with Crippen LogP contribution in [0.4, 0.5) is 4.79 Å². The zero-order valence-electron chi connectivity index (χ0n) is 17.0. The van der Waals surface area contributed by atoms with Crippen molar-refractivity contribution in [1.82, 2.24) is 20.5 Å². The van der Waals surface area contributed by atoms with Gasteiger partial charge in [-0.1, -0.05) is 24.3 Å². The second-order valence-electron chi connectivity index (χ2n) is 7.96. The average molecular weight is 411 g/mol. The molecule has 3 N–H and O–H groups in total. The van der Waals surface area contributed by atoms with Crippen LogP contribution in [0, 0.1) is 12.8 Å². The number of aryl methyl sites for hydroxylation is 1. The number of amides is 2. The van der Waals surface area contributed by atoms with Crippen LogP contribution in [0.25, 0.3) is 10.9 Å². The topological polar surface area (TPSA) is 60.2 Å². The van der Waals surface area contributed by atoms with E-state index >= 15 is 0 Å². The fourth-order valence-electron chi connectivity index (χ4n) is 4.23. The summed E-state index contributed by atoms with van der Waals surface area (Å²) < 4.78 is 0. The molecule has 1 aliphatic heterocycles. The van der Waals surface area contributed by atoms with Crippen LogP contribution in [0.15, 0.2) is 41.8 Å². The Morgan fingerprint density at radius 2 is 2.00 bits per heavy atom. The maximum absolute atomic E-state index is 12.2. The molecule has 0 atom stereocenters. The Balaban J connectivity index is 1.15. The highest BCUT2D eigenvalue weighted by Gasteiger charge is 2.20. The van der Waals surface area contributed by atoms with E-state index in [0.29, 0.717) is 12.5 Å². The first-order valence-corrected chi connectivity index (χ1v) is 11.4. The van der Waals surface area contributed by atoms with Crippen LogP contribution in [0.3, 0.4) is 0 Å². The van der Waals surface area contributed by atoms with Crippen molar-refractivity contribution in [3.8, 4) is 0 Å². The predicted molar refractivity (Wildman–Crippen MR) is 120 cm³/mol. The molecule has 3 aromatic rings. The largest absolute Gasteiger partial charge is 0.358 e. The summed E-state index contributed by atoms with van der Waals surface area (Å²) in [6, 6.07) is 12.6. The number of benzene rings is 1. The van der Waals surface area contributed by atoms with E-state index in [2.05, 4.69) is 63.2 Å². The molecule has 1 fully saturated rings. The lowest BCUT2D eigenvalue weighted by Crippen LogP contribution is -2.42. The van der Waals surface area contributed by atoms with Gasteiger partial charge >= 0.3 is 6.03 Å². The highest BCUT2D eigenvalue weighted by Crippen LogP contribution is 2.22. The third kappa shape index (κ3) is 5.19. The number of carbonyl (C=O) groups is 1. The van der Waals surface area contributed by atoms with Gasteiger partial charge in [0.15, 0.2) is 0 Å². The number of aromatic nitrogens is 1. The molecule has 0 aliphatic carbocycles. The molecule has 4 rings (SSSR count). The van der Waals surface area contributed by atoms with Crippen LogP contribution in [0.5, 0.6) is 0 Å². The molecule has 3 heterocycles. The molecule has 0 unspecified atom stereocenters. The number of aromatic amines is 1. The van der Waals surface area contributed by atoms with Crippen LogP contribution in [-0.2, 0) is 13.0 Å². The maximum Gasteiger partial charge on any atom is 0.314 e. The SMILES string of the molecule is Cc1[nH]c2ccccc2c1CCNC(=O)NCC1CCN(Cc2cccs2)CC1. The summed E-state index contributed by atoms with van der Waals surface area (Å²) in [5.41, 5.74) is 3.64. The zero-order chi connectivity index (χ0) is 20.1. The molecule has 5 nitrogen and oxygen atoms in total. The molecule has 0 bridgehead atoms. The number of H-pyrrole nitrogens is 1. The molecule has 6 heteroatoms. The highest BCUT2D eigenvalue weighted by atomic mass is 32.1. The first-order valence-electron chi connectivity index (χ1n) is 10.5. The lowest BCUT2D eigenvalue weighted by Gasteiger charge is -2.31. The van der Waals surface area contributed by atoms with Crippen molar-refractivity contribution in [1.29, 1.82) is 0 Å². The highest BCUT2D eigenvalue weighted by molar-refractivity contribution is 7.09. The van der Waals surface area contributed by atoms with Crippen molar-refractivity contribution in [3.63, 3.8) is 0 Å². The first kappa shape index (κ1) is 20.0. The van der Waals surface area contributed by atoms with Crippen LogP contribution in [0.1, 0.15) is 29.0 Å². The van der Waals surface area contributed by atoms with Gasteiger partial charge in [0.05, 0.1) is 0 Å². The smallest absolute Gasteiger partial charge is 0.314 e. The number of nitrogens with one attached hydrogen (secondary N) is 3. The Labute approximate surface area is 176 Å². The molecule has 2 aromatic heterocycles. The molecular weight excluding hydrogens is 380 g/mol. The fraction of sp³-hybridized carbons (Fsp3) is 0.435. The van der Waals surface area contributed by atoms with E-state index in [9.17, 15) is 4.79 Å². The second kappa shape index (κ2) is 9.46. The van der Waals surface area contributed by atoms with Gasteiger partial charge in [0.1, 0.15) is 0 Å². The Hall–Kier alpha value is -2.31. The van der Waals surface area contributed by atoms with Gasteiger partial charge in [0.2, 0.25) is 0 Å². The Morgan fingerprint density at radius 1 is 1.17 bits per heavy atom. The summed E-state index contributed by atoms with van der Waals surface area (Å²) in [4.78, 5) is 19.6. The van der Waals surface area contributed by atoms with E-state index in [1.165, 1.54) is 21.5 Å². The molecule has 1 aliphatic rings. The lowest BCUT2D eigenvalue weighted by molar-refractivity contribution is 0.176. The number of thiophene rings is 1. The number of rotatable bonds is 7. The van der Waals surface area contributed by atoms with E-state index < -0.39 is 0 Å². The number of para-hydroxylation sites is 1. The minimum atomic E-state index is -0.0523. The molecular formula is C23H30N4OS. The number of nitrogens with zero attached hydrogens (tertiary/aromatic N) is 1. The normalized spacial score (nSPS) is 15.6. The monoisotopic (exact) mass is 410 g/mol. The standard InChI is InChI=1S/C23H30N4OS/c1-17-20(21-6-2-3-7-22(21)26-17)8-11-24-23(28)25-15-18-9-12-27(13-10-18)16-19-5-4-14-29-19/h2-7,14,18,26H,8-13,15-16H2,1H3,(H2,24,25,28). The maximum atomic E-state index is 12.2. The number of urea groups is 1. The molecule has 1 aromatic carbocycles. The summed E-state index contributed by atoms with van der Waals surface area (Å²) in [6.45, 7) is 6.81. The van der Waals surface area contributed by atoms with Gasteiger partial charge in [0.25, 0.3) is 0 Å². The number of piperidine rings is 1. The van der Waals surface area contributed by atoms with Crippen LogP contribution in [0.2, 0.25) is 0 Å². The van der Waals surface area contributed by atoms with Gasteiger partial charge in [0, 0.05) is 41.1 Å². The predicted octanol–water partition coefficient (Wildman–Crippen LogP) is 4.29.